The van der Waals surface area contributed by atoms with Crippen LogP contribution >= 0.6 is 11.6 Å². The maximum absolute atomic E-state index is 16.4. The van der Waals surface area contributed by atoms with E-state index >= 15 is 4.39 Å². The number of nitrogens with zero attached hydrogens (tertiary/aromatic N) is 5. The lowest BCUT2D eigenvalue weighted by Gasteiger charge is -2.43. The predicted octanol–water partition coefficient (Wildman–Crippen LogP) is 4.35. The van der Waals surface area contributed by atoms with Crippen molar-refractivity contribution in [2.24, 2.45) is 0 Å². The van der Waals surface area contributed by atoms with Gasteiger partial charge in [0.1, 0.15) is 17.1 Å². The van der Waals surface area contributed by atoms with Gasteiger partial charge in [0.05, 0.1) is 5.02 Å². The first-order valence-corrected chi connectivity index (χ1v) is 12.3. The van der Waals surface area contributed by atoms with Crippen molar-refractivity contribution in [3.8, 4) is 16.9 Å². The molecule has 1 saturated heterocycles. The zero-order chi connectivity index (χ0) is 25.6. The molecule has 5 rings (SSSR count). The molecule has 4 aromatic rings. The predicted molar refractivity (Wildman–Crippen MR) is 146 cm³/mol. The molecule has 0 radical (unpaired) electrons. The highest BCUT2D eigenvalue weighted by molar-refractivity contribution is 6.35. The number of rotatable bonds is 7. The Morgan fingerprint density at radius 1 is 1.11 bits per heavy atom. The molecule has 3 aromatic carbocycles. The summed E-state index contributed by atoms with van der Waals surface area (Å²) in [5, 5.41) is 15.9. The normalized spacial score (nSPS) is 14.1. The summed E-state index contributed by atoms with van der Waals surface area (Å²) >= 11 is 6.75. The fraction of sp³-hybridized carbons (Fsp3) is 0.333. The highest BCUT2D eigenvalue weighted by Gasteiger charge is 2.32. The number of hydrogen-bond acceptors (Lipinski definition) is 7. The van der Waals surface area contributed by atoms with Gasteiger partial charge < -0.3 is 25.1 Å². The van der Waals surface area contributed by atoms with Gasteiger partial charge in [0.15, 0.2) is 5.82 Å². The molecular weight excluding hydrogens is 479 g/mol. The number of fused-ring (bicyclic) bond motifs is 2. The maximum atomic E-state index is 16.4. The first-order valence-electron chi connectivity index (χ1n) is 12.0. The number of aromatic hydroxyl groups is 1. The molecule has 0 spiro atoms. The lowest BCUT2D eigenvalue weighted by molar-refractivity contribution is 0.245. The van der Waals surface area contributed by atoms with Crippen molar-refractivity contribution in [2.45, 2.75) is 6.04 Å². The van der Waals surface area contributed by atoms with E-state index in [-0.39, 0.29) is 21.9 Å². The second-order valence-corrected chi connectivity index (χ2v) is 9.96. The summed E-state index contributed by atoms with van der Waals surface area (Å²) in [5.74, 6) is 0.654. The smallest absolute Gasteiger partial charge is 0.228 e. The third-order valence-electron chi connectivity index (χ3n) is 6.90. The van der Waals surface area contributed by atoms with Gasteiger partial charge in [-0.3, -0.25) is 0 Å². The van der Waals surface area contributed by atoms with Crippen LogP contribution in [0.25, 0.3) is 32.8 Å². The average molecular weight is 509 g/mol. The summed E-state index contributed by atoms with van der Waals surface area (Å²) in [4.78, 5) is 15.8. The van der Waals surface area contributed by atoms with Gasteiger partial charge in [0.25, 0.3) is 0 Å². The standard InChI is InChI=1S/C27H30ClFN6O/c1-30-9-10-34(4)26-21-13-22(28)23(20-12-18(36)11-16-7-5-6-8-19(16)20)24(29)25(21)31-27(32-26)35-14-17(15-35)33(2)3/h5-8,11-13,17,30,36H,9-10,14-15H2,1-4H3. The molecule has 188 valence electrons. The minimum absolute atomic E-state index is 0.0467. The molecule has 0 atom stereocenters. The lowest BCUT2D eigenvalue weighted by atomic mass is 9.96. The van der Waals surface area contributed by atoms with Crippen LogP contribution in [0, 0.1) is 5.82 Å². The van der Waals surface area contributed by atoms with E-state index in [2.05, 4.69) is 15.1 Å². The minimum atomic E-state index is -0.523. The Morgan fingerprint density at radius 3 is 2.58 bits per heavy atom. The number of nitrogens with one attached hydrogen (secondary N) is 1. The Kier molecular flexibility index (Phi) is 6.59. The minimum Gasteiger partial charge on any atom is -0.508 e. The van der Waals surface area contributed by atoms with Crippen LogP contribution in [0.1, 0.15) is 0 Å². The van der Waals surface area contributed by atoms with Gasteiger partial charge in [-0.15, -0.1) is 0 Å². The first-order chi connectivity index (χ1) is 17.3. The molecule has 0 bridgehead atoms. The van der Waals surface area contributed by atoms with E-state index in [1.54, 1.807) is 18.2 Å². The van der Waals surface area contributed by atoms with Crippen LogP contribution in [0.15, 0.2) is 42.5 Å². The van der Waals surface area contributed by atoms with Gasteiger partial charge >= 0.3 is 0 Å². The molecule has 2 N–H and O–H groups in total. The van der Waals surface area contributed by atoms with Crippen molar-refractivity contribution in [1.82, 2.24) is 20.2 Å². The third kappa shape index (κ3) is 4.30. The highest BCUT2D eigenvalue weighted by atomic mass is 35.5. The molecule has 1 aliphatic rings. The van der Waals surface area contributed by atoms with Crippen LogP contribution in [0.2, 0.25) is 5.02 Å². The second kappa shape index (κ2) is 9.69. The van der Waals surface area contributed by atoms with Gasteiger partial charge in [0, 0.05) is 50.2 Å². The summed E-state index contributed by atoms with van der Waals surface area (Å²) in [6, 6.07) is 12.9. The molecule has 0 aliphatic carbocycles. The largest absolute Gasteiger partial charge is 0.508 e. The van der Waals surface area contributed by atoms with Gasteiger partial charge in [0.2, 0.25) is 5.95 Å². The van der Waals surface area contributed by atoms with E-state index in [0.29, 0.717) is 35.3 Å². The number of phenolic OH excluding ortho intramolecular Hbond substituents is 1. The third-order valence-corrected chi connectivity index (χ3v) is 7.20. The van der Waals surface area contributed by atoms with E-state index in [9.17, 15) is 5.11 Å². The number of hydrogen-bond donors (Lipinski definition) is 2. The molecule has 7 nitrogen and oxygen atoms in total. The summed E-state index contributed by atoms with van der Waals surface area (Å²) in [6.45, 7) is 2.97. The van der Waals surface area contributed by atoms with Gasteiger partial charge in [-0.2, -0.15) is 4.98 Å². The molecule has 1 aliphatic heterocycles. The molecule has 1 aromatic heterocycles. The molecular formula is C27H30ClFN6O. The first kappa shape index (κ1) is 24.5. The molecule has 0 unspecified atom stereocenters. The zero-order valence-electron chi connectivity index (χ0n) is 20.9. The monoisotopic (exact) mass is 508 g/mol. The van der Waals surface area contributed by atoms with E-state index in [4.69, 9.17) is 21.6 Å². The zero-order valence-corrected chi connectivity index (χ0v) is 21.6. The van der Waals surface area contributed by atoms with Crippen LogP contribution < -0.4 is 15.1 Å². The Bertz CT molecular complexity index is 1440. The quantitative estimate of drug-likeness (QED) is 0.384. The molecule has 1 fully saturated rings. The Morgan fingerprint density at radius 2 is 1.86 bits per heavy atom. The second-order valence-electron chi connectivity index (χ2n) is 9.55. The fourth-order valence-electron chi connectivity index (χ4n) is 4.68. The summed E-state index contributed by atoms with van der Waals surface area (Å²) in [7, 11) is 7.92. The van der Waals surface area contributed by atoms with Gasteiger partial charge in [-0.05, 0) is 55.7 Å². The summed E-state index contributed by atoms with van der Waals surface area (Å²) < 4.78 is 16.4. The Balaban J connectivity index is 1.72. The van der Waals surface area contributed by atoms with Crippen molar-refractivity contribution in [2.75, 3.05) is 64.2 Å². The van der Waals surface area contributed by atoms with E-state index in [1.165, 1.54) is 0 Å². The average Bonchev–Trinajstić information content (AvgIpc) is 2.81. The van der Waals surface area contributed by atoms with E-state index in [0.717, 1.165) is 30.4 Å². The molecule has 0 saturated carbocycles. The molecule has 36 heavy (non-hydrogen) atoms. The number of halogens is 2. The van der Waals surface area contributed by atoms with Crippen molar-refractivity contribution in [1.29, 1.82) is 0 Å². The van der Waals surface area contributed by atoms with Crippen LogP contribution in [0.3, 0.4) is 0 Å². The number of anilines is 2. The Labute approximate surface area is 215 Å². The van der Waals surface area contributed by atoms with Crippen molar-refractivity contribution in [3.63, 3.8) is 0 Å². The van der Waals surface area contributed by atoms with Crippen LogP contribution in [-0.2, 0) is 0 Å². The topological polar surface area (TPSA) is 67.8 Å². The Hall–Kier alpha value is -3.20. The van der Waals surface area contributed by atoms with Crippen molar-refractivity contribution >= 4 is 45.0 Å². The number of aromatic nitrogens is 2. The summed E-state index contributed by atoms with van der Waals surface area (Å²) in [6.07, 6.45) is 0. The maximum Gasteiger partial charge on any atom is 0.228 e. The van der Waals surface area contributed by atoms with Gasteiger partial charge in [-0.25, -0.2) is 9.37 Å². The SMILES string of the molecule is CNCCN(C)c1nc(N2CC(N(C)C)C2)nc2c(F)c(-c3cc(O)cc4ccccc34)c(Cl)cc12. The van der Waals surface area contributed by atoms with E-state index < -0.39 is 5.82 Å². The lowest BCUT2D eigenvalue weighted by Crippen LogP contribution is -2.58. The molecule has 0 amide bonds. The molecule has 2 heterocycles. The van der Waals surface area contributed by atoms with Crippen molar-refractivity contribution in [3.05, 3.63) is 53.3 Å². The fourth-order valence-corrected chi connectivity index (χ4v) is 4.97. The van der Waals surface area contributed by atoms with Crippen LogP contribution in [0.4, 0.5) is 16.2 Å². The summed E-state index contributed by atoms with van der Waals surface area (Å²) in [5.41, 5.74) is 0.961. The van der Waals surface area contributed by atoms with Crippen LogP contribution in [-0.4, -0.2) is 80.4 Å². The van der Waals surface area contributed by atoms with E-state index in [1.807, 2.05) is 57.4 Å². The molecule has 9 heteroatoms. The van der Waals surface area contributed by atoms with Crippen LogP contribution in [0.5, 0.6) is 5.75 Å². The highest BCUT2D eigenvalue weighted by Crippen LogP contribution is 2.42. The number of phenols is 1. The number of likely N-dealkylation sites (N-methyl/N-ethyl adjacent to an activating group) is 3. The number of benzene rings is 3. The van der Waals surface area contributed by atoms with Crippen molar-refractivity contribution < 1.29 is 9.50 Å². The van der Waals surface area contributed by atoms with Gasteiger partial charge in [-0.1, -0.05) is 35.9 Å².